The highest BCUT2D eigenvalue weighted by Gasteiger charge is 2.58. The van der Waals surface area contributed by atoms with Gasteiger partial charge in [0.25, 0.3) is 0 Å². The van der Waals surface area contributed by atoms with Gasteiger partial charge in [-0.25, -0.2) is 0 Å². The van der Waals surface area contributed by atoms with Gasteiger partial charge >= 0.3 is 5.97 Å². The fourth-order valence-corrected chi connectivity index (χ4v) is 11.8. The molecule has 2 aliphatic heterocycles. The zero-order valence-corrected chi connectivity index (χ0v) is 36.7. The van der Waals surface area contributed by atoms with E-state index in [-0.39, 0.29) is 42.2 Å². The number of hydrogen-bond acceptors (Lipinski definition) is 7. The summed E-state index contributed by atoms with van der Waals surface area (Å²) in [5.41, 5.74) is 3.24. The minimum absolute atomic E-state index is 0.00299. The summed E-state index contributed by atoms with van der Waals surface area (Å²) in [5.74, 6) is 0.139. The summed E-state index contributed by atoms with van der Waals surface area (Å²) in [4.78, 5) is 14.0. The van der Waals surface area contributed by atoms with Crippen molar-refractivity contribution in [2.45, 2.75) is 161 Å². The van der Waals surface area contributed by atoms with E-state index in [0.29, 0.717) is 38.6 Å². The van der Waals surface area contributed by atoms with Crippen LogP contribution in [0, 0.1) is 11.3 Å². The van der Waals surface area contributed by atoms with Gasteiger partial charge in [0.2, 0.25) is 0 Å². The van der Waals surface area contributed by atoms with E-state index in [9.17, 15) is 4.79 Å². The van der Waals surface area contributed by atoms with Crippen LogP contribution in [0.15, 0.2) is 97.6 Å². The Labute approximate surface area is 345 Å². The molecule has 2 fully saturated rings. The van der Waals surface area contributed by atoms with Crippen molar-refractivity contribution in [3.8, 4) is 5.75 Å². The highest BCUT2D eigenvalue weighted by molar-refractivity contribution is 6.73. The molecule has 0 N–H and O–H groups in total. The molecule has 2 aliphatic rings. The van der Waals surface area contributed by atoms with Crippen LogP contribution in [0.4, 0.5) is 0 Å². The molecule has 2 saturated heterocycles. The Morgan fingerprint density at radius 2 is 1.54 bits per heavy atom. The number of unbranched alkanes of at least 4 members (excludes halogenated alkanes) is 1. The third-order valence-corrected chi connectivity index (χ3v) is 17.2. The fraction of sp³-hybridized carbons (Fsp3) is 0.571. The Hall–Kier alpha value is -3.27. The maximum atomic E-state index is 14.0. The van der Waals surface area contributed by atoms with Crippen LogP contribution < -0.4 is 4.74 Å². The number of hydrogen-bond donors (Lipinski definition) is 0. The molecular weight excluding hydrogens is 729 g/mol. The molecule has 7 nitrogen and oxygen atoms in total. The van der Waals surface area contributed by atoms with Gasteiger partial charge < -0.3 is 28.1 Å². The van der Waals surface area contributed by atoms with Crippen molar-refractivity contribution in [3.63, 3.8) is 0 Å². The molecule has 0 aromatic heterocycles. The summed E-state index contributed by atoms with van der Waals surface area (Å²) in [6, 6.07) is 31.8. The Kier molecular flexibility index (Phi) is 17.0. The first kappa shape index (κ1) is 44.8. The van der Waals surface area contributed by atoms with Crippen LogP contribution in [0.5, 0.6) is 5.75 Å². The Morgan fingerprint density at radius 1 is 0.877 bits per heavy atom. The fourth-order valence-electron chi connectivity index (χ4n) is 8.90. The highest BCUT2D eigenvalue weighted by Crippen LogP contribution is 2.53. The van der Waals surface area contributed by atoms with E-state index in [2.05, 4.69) is 90.6 Å². The quantitative estimate of drug-likeness (QED) is 0.0434. The molecule has 2 heterocycles. The summed E-state index contributed by atoms with van der Waals surface area (Å²) < 4.78 is 39.8. The molecule has 6 atom stereocenters. The van der Waals surface area contributed by atoms with Gasteiger partial charge in [0.1, 0.15) is 18.5 Å². The predicted octanol–water partition coefficient (Wildman–Crippen LogP) is 11.8. The zero-order chi connectivity index (χ0) is 40.7. The third kappa shape index (κ3) is 12.9. The van der Waals surface area contributed by atoms with E-state index in [1.165, 1.54) is 5.56 Å². The number of carbonyl (C=O) groups excluding carboxylic acids is 1. The molecule has 57 heavy (non-hydrogen) atoms. The standard InChI is InChI=1S/C49H70O7Si/c1-8-21-46-38(5)33-48(6,7)49(55-46)34-44(53-47(50)32-45(56-57(9-2,10-3)11-4)37-51-35-40-23-14-12-15-24-40)31-43(54-49)28-19-18-22-39-27-20-29-42(30-39)52-36-41-25-16-13-17-26-41/h8,12-17,20,23-27,29-30,38,43-46H,1,9-11,18-19,21-22,28,31-37H2,2-7H3/t38-,43-,44-,45-,46+,49+/m1/s1. The smallest absolute Gasteiger partial charge is 0.308 e. The van der Waals surface area contributed by atoms with Crippen molar-refractivity contribution in [2.24, 2.45) is 11.3 Å². The summed E-state index contributed by atoms with van der Waals surface area (Å²) in [5, 5.41) is 0. The average Bonchev–Trinajstić information content (AvgIpc) is 3.21. The van der Waals surface area contributed by atoms with E-state index in [1.54, 1.807) is 0 Å². The Balaban J connectivity index is 1.25. The van der Waals surface area contributed by atoms with Crippen molar-refractivity contribution in [2.75, 3.05) is 6.61 Å². The second-order valence-corrected chi connectivity index (χ2v) is 21.9. The van der Waals surface area contributed by atoms with Crippen molar-refractivity contribution in [1.82, 2.24) is 0 Å². The first-order valence-corrected chi connectivity index (χ1v) is 24.3. The van der Waals surface area contributed by atoms with Gasteiger partial charge in [-0.05, 0) is 85.0 Å². The van der Waals surface area contributed by atoms with Gasteiger partial charge in [-0.15, -0.1) is 6.58 Å². The lowest BCUT2D eigenvalue weighted by molar-refractivity contribution is -0.380. The number of aryl methyl sites for hydroxylation is 1. The summed E-state index contributed by atoms with van der Waals surface area (Å²) in [6.07, 6.45) is 7.97. The Morgan fingerprint density at radius 3 is 2.21 bits per heavy atom. The van der Waals surface area contributed by atoms with Crippen LogP contribution in [0.1, 0.15) is 110 Å². The minimum Gasteiger partial charge on any atom is -0.489 e. The number of benzene rings is 3. The predicted molar refractivity (Wildman–Crippen MR) is 232 cm³/mol. The molecule has 3 aromatic carbocycles. The van der Waals surface area contributed by atoms with Crippen molar-refractivity contribution < 1.29 is 32.9 Å². The first-order chi connectivity index (χ1) is 27.5. The largest absolute Gasteiger partial charge is 0.489 e. The van der Waals surface area contributed by atoms with Gasteiger partial charge in [-0.2, -0.15) is 0 Å². The molecule has 8 heteroatoms. The monoisotopic (exact) mass is 798 g/mol. The third-order valence-electron chi connectivity index (χ3n) is 12.5. The lowest BCUT2D eigenvalue weighted by Crippen LogP contribution is -2.62. The van der Waals surface area contributed by atoms with Crippen molar-refractivity contribution >= 4 is 14.3 Å². The maximum absolute atomic E-state index is 14.0. The number of rotatable bonds is 22. The molecule has 0 amide bonds. The van der Waals surface area contributed by atoms with Crippen LogP contribution in [0.25, 0.3) is 0 Å². The van der Waals surface area contributed by atoms with Gasteiger partial charge in [-0.1, -0.05) is 127 Å². The van der Waals surface area contributed by atoms with Crippen LogP contribution in [-0.2, 0) is 47.8 Å². The Bertz CT molecular complexity index is 1640. The number of esters is 1. The van der Waals surface area contributed by atoms with Crippen LogP contribution in [0.2, 0.25) is 18.1 Å². The maximum Gasteiger partial charge on any atom is 0.308 e. The van der Waals surface area contributed by atoms with E-state index < -0.39 is 14.1 Å². The van der Waals surface area contributed by atoms with Gasteiger partial charge in [0, 0.05) is 18.3 Å². The molecule has 0 saturated carbocycles. The topological polar surface area (TPSA) is 72.5 Å². The molecule has 3 aromatic rings. The van der Waals surface area contributed by atoms with Crippen LogP contribution in [-0.4, -0.2) is 51.1 Å². The second-order valence-electron chi connectivity index (χ2n) is 17.1. The second kappa shape index (κ2) is 21.6. The van der Waals surface area contributed by atoms with Crippen LogP contribution in [0.3, 0.4) is 0 Å². The average molecular weight is 799 g/mol. The lowest BCUT2D eigenvalue weighted by Gasteiger charge is -2.57. The van der Waals surface area contributed by atoms with E-state index in [4.69, 9.17) is 28.1 Å². The van der Waals surface area contributed by atoms with E-state index >= 15 is 0 Å². The van der Waals surface area contributed by atoms with Crippen LogP contribution >= 0.6 is 0 Å². The van der Waals surface area contributed by atoms with E-state index in [0.717, 1.165) is 73.5 Å². The summed E-state index contributed by atoms with van der Waals surface area (Å²) >= 11 is 0. The van der Waals surface area contributed by atoms with E-state index in [1.807, 2.05) is 48.5 Å². The highest BCUT2D eigenvalue weighted by atomic mass is 28.4. The van der Waals surface area contributed by atoms with Gasteiger partial charge in [-0.3, -0.25) is 4.79 Å². The molecular formula is C49H70O7Si. The minimum atomic E-state index is -2.02. The normalized spacial score (nSPS) is 23.8. The molecule has 0 unspecified atom stereocenters. The zero-order valence-electron chi connectivity index (χ0n) is 35.7. The number of ether oxygens (including phenoxy) is 5. The lowest BCUT2D eigenvalue weighted by atomic mass is 9.68. The van der Waals surface area contributed by atoms with Gasteiger partial charge in [0.15, 0.2) is 14.1 Å². The molecule has 5 rings (SSSR count). The number of carbonyl (C=O) groups is 1. The molecule has 0 radical (unpaired) electrons. The molecule has 0 aliphatic carbocycles. The molecule has 1 spiro atoms. The SMILES string of the molecule is C=CC[C@@H]1O[C@@]2(C[C@H](OC(=O)C[C@H](COCc3ccccc3)O[Si](CC)(CC)CC)C[C@@H](CCCCc3cccc(OCc4ccccc4)c3)O2)C(C)(C)C[C@H]1C. The summed E-state index contributed by atoms with van der Waals surface area (Å²) in [6.45, 7) is 18.8. The molecule has 312 valence electrons. The molecule has 0 bridgehead atoms. The van der Waals surface area contributed by atoms with Crippen molar-refractivity contribution in [1.29, 1.82) is 0 Å². The van der Waals surface area contributed by atoms with Crippen molar-refractivity contribution in [3.05, 3.63) is 114 Å². The van der Waals surface area contributed by atoms with Gasteiger partial charge in [0.05, 0.1) is 37.9 Å². The summed E-state index contributed by atoms with van der Waals surface area (Å²) in [7, 11) is -2.02. The first-order valence-electron chi connectivity index (χ1n) is 21.7.